The fourth-order valence-electron chi connectivity index (χ4n) is 4.12. The number of carbonyl (C=O) groups is 1. The molecule has 2 N–H and O–H groups in total. The Labute approximate surface area is 198 Å². The molecule has 182 valence electrons. The molecule has 0 aliphatic heterocycles. The first kappa shape index (κ1) is 23.7. The van der Waals surface area contributed by atoms with Gasteiger partial charge in [0.15, 0.2) is 5.82 Å². The first-order chi connectivity index (χ1) is 16.1. The van der Waals surface area contributed by atoms with Crippen LogP contribution in [0.2, 0.25) is 0 Å². The van der Waals surface area contributed by atoms with Crippen molar-refractivity contribution < 1.29 is 19.2 Å². The van der Waals surface area contributed by atoms with Crippen LogP contribution in [0.15, 0.2) is 22.7 Å². The Morgan fingerprint density at radius 1 is 1.32 bits per heavy atom. The molecule has 0 unspecified atom stereocenters. The number of pyridine rings is 1. The van der Waals surface area contributed by atoms with Crippen molar-refractivity contribution in [1.82, 2.24) is 25.1 Å². The number of carboxylic acid groups (broad SMARTS) is 1. The van der Waals surface area contributed by atoms with Crippen LogP contribution >= 0.6 is 0 Å². The molecule has 10 nitrogen and oxygen atoms in total. The quantitative estimate of drug-likeness (QED) is 0.526. The van der Waals surface area contributed by atoms with Crippen LogP contribution in [-0.2, 0) is 23.8 Å². The van der Waals surface area contributed by atoms with Crippen LogP contribution in [0.4, 0.5) is 5.82 Å². The second-order valence-corrected chi connectivity index (χ2v) is 9.91. The van der Waals surface area contributed by atoms with Gasteiger partial charge in [0.2, 0.25) is 0 Å². The molecule has 0 spiro atoms. The number of anilines is 1. The Hall–Kier alpha value is -3.43. The second-order valence-electron chi connectivity index (χ2n) is 9.91. The zero-order valence-electron chi connectivity index (χ0n) is 20.3. The summed E-state index contributed by atoms with van der Waals surface area (Å²) >= 11 is 0. The number of nitrogens with one attached hydrogen (secondary N) is 1. The molecule has 3 aromatic heterocycles. The monoisotopic (exact) mass is 468 g/mol. The standard InChI is InChI=1S/C24H32N6O4/c1-14-19(33-16-8-6-7-15(11-16)23(31)32)10-9-17(26-14)22-18(30(5)29-27-22)13-25-21-12-20(34-28-21)24(2,3)4/h9-10,12,15-16H,6-8,11,13H2,1-5H3,(H,25,28)(H,31,32)/t15-,16-/m0/s1. The molecule has 1 saturated carbocycles. The van der Waals surface area contributed by atoms with Gasteiger partial charge < -0.3 is 19.7 Å². The number of ether oxygens (including phenoxy) is 1. The third-order valence-electron chi connectivity index (χ3n) is 6.18. The van der Waals surface area contributed by atoms with Crippen molar-refractivity contribution in [3.8, 4) is 17.1 Å². The van der Waals surface area contributed by atoms with E-state index in [0.29, 0.717) is 42.3 Å². The molecule has 0 amide bonds. The summed E-state index contributed by atoms with van der Waals surface area (Å²) in [7, 11) is 1.84. The molecule has 4 rings (SSSR count). The van der Waals surface area contributed by atoms with E-state index < -0.39 is 5.97 Å². The molecule has 1 aliphatic carbocycles. The average Bonchev–Trinajstić information content (AvgIpc) is 3.40. The Morgan fingerprint density at radius 2 is 2.12 bits per heavy atom. The summed E-state index contributed by atoms with van der Waals surface area (Å²) in [6.07, 6.45) is 2.82. The largest absolute Gasteiger partial charge is 0.489 e. The number of hydrogen-bond donors (Lipinski definition) is 2. The number of aromatic nitrogens is 5. The summed E-state index contributed by atoms with van der Waals surface area (Å²) in [5.41, 5.74) is 2.83. The van der Waals surface area contributed by atoms with Crippen molar-refractivity contribution in [2.75, 3.05) is 5.32 Å². The van der Waals surface area contributed by atoms with E-state index in [0.717, 1.165) is 30.0 Å². The van der Waals surface area contributed by atoms with Crippen LogP contribution < -0.4 is 10.1 Å². The summed E-state index contributed by atoms with van der Waals surface area (Å²) in [4.78, 5) is 16.1. The van der Waals surface area contributed by atoms with Gasteiger partial charge in [-0.05, 0) is 44.7 Å². The number of carboxylic acids is 1. The molecule has 3 aromatic rings. The molecule has 0 aromatic carbocycles. The Morgan fingerprint density at radius 3 is 2.79 bits per heavy atom. The maximum Gasteiger partial charge on any atom is 0.306 e. The Bertz CT molecular complexity index is 1160. The van der Waals surface area contributed by atoms with E-state index in [4.69, 9.17) is 14.2 Å². The van der Waals surface area contributed by atoms with E-state index in [1.807, 2.05) is 32.2 Å². The van der Waals surface area contributed by atoms with Crippen LogP contribution in [-0.4, -0.2) is 42.3 Å². The van der Waals surface area contributed by atoms with E-state index in [2.05, 4.69) is 41.6 Å². The number of aliphatic carboxylic acids is 1. The number of nitrogens with zero attached hydrogens (tertiary/aromatic N) is 5. The van der Waals surface area contributed by atoms with E-state index in [9.17, 15) is 9.90 Å². The van der Waals surface area contributed by atoms with Gasteiger partial charge in [0, 0.05) is 18.5 Å². The van der Waals surface area contributed by atoms with Gasteiger partial charge >= 0.3 is 5.97 Å². The molecule has 34 heavy (non-hydrogen) atoms. The minimum Gasteiger partial charge on any atom is -0.489 e. The highest BCUT2D eigenvalue weighted by molar-refractivity contribution is 5.70. The third-order valence-corrected chi connectivity index (χ3v) is 6.18. The first-order valence-electron chi connectivity index (χ1n) is 11.6. The van der Waals surface area contributed by atoms with Crippen LogP contribution in [0.1, 0.15) is 63.6 Å². The van der Waals surface area contributed by atoms with Crippen molar-refractivity contribution in [2.24, 2.45) is 13.0 Å². The average molecular weight is 469 g/mol. The summed E-state index contributed by atoms with van der Waals surface area (Å²) < 4.78 is 13.3. The molecule has 1 fully saturated rings. The summed E-state index contributed by atoms with van der Waals surface area (Å²) in [5, 5.41) is 25.2. The highest BCUT2D eigenvalue weighted by Crippen LogP contribution is 2.31. The maximum atomic E-state index is 11.3. The van der Waals surface area contributed by atoms with Gasteiger partial charge in [0.1, 0.15) is 17.2 Å². The SMILES string of the molecule is Cc1nc(-c2nnn(C)c2CNc2cc(C(C)(C)C)on2)ccc1O[C@H]1CCC[C@H](C(=O)O)C1. The van der Waals surface area contributed by atoms with E-state index in [-0.39, 0.29) is 17.4 Å². The normalized spacial score (nSPS) is 18.6. The lowest BCUT2D eigenvalue weighted by Crippen LogP contribution is -2.29. The fourth-order valence-corrected chi connectivity index (χ4v) is 4.12. The van der Waals surface area contributed by atoms with E-state index >= 15 is 0 Å². The Kier molecular flexibility index (Phi) is 6.58. The summed E-state index contributed by atoms with van der Waals surface area (Å²) in [6, 6.07) is 5.64. The molecule has 2 atom stereocenters. The lowest BCUT2D eigenvalue weighted by Gasteiger charge is -2.27. The number of hydrogen-bond acceptors (Lipinski definition) is 8. The smallest absolute Gasteiger partial charge is 0.306 e. The third kappa shape index (κ3) is 5.21. The molecule has 0 saturated heterocycles. The maximum absolute atomic E-state index is 11.3. The highest BCUT2D eigenvalue weighted by atomic mass is 16.5. The van der Waals surface area contributed by atoms with Crippen molar-refractivity contribution in [1.29, 1.82) is 0 Å². The predicted molar refractivity (Wildman–Crippen MR) is 126 cm³/mol. The van der Waals surface area contributed by atoms with Crippen molar-refractivity contribution >= 4 is 11.8 Å². The highest BCUT2D eigenvalue weighted by Gasteiger charge is 2.28. The fraction of sp³-hybridized carbons (Fsp3) is 0.542. The van der Waals surface area contributed by atoms with E-state index in [1.165, 1.54) is 0 Å². The minimum absolute atomic E-state index is 0.113. The van der Waals surface area contributed by atoms with Gasteiger partial charge in [-0.1, -0.05) is 31.1 Å². The van der Waals surface area contributed by atoms with Crippen molar-refractivity contribution in [3.63, 3.8) is 0 Å². The van der Waals surface area contributed by atoms with Gasteiger partial charge in [-0.15, -0.1) is 5.10 Å². The molecule has 10 heteroatoms. The lowest BCUT2D eigenvalue weighted by molar-refractivity contribution is -0.143. The van der Waals surface area contributed by atoms with Gasteiger partial charge in [0.25, 0.3) is 0 Å². The zero-order valence-corrected chi connectivity index (χ0v) is 20.3. The van der Waals surface area contributed by atoms with Gasteiger partial charge in [-0.2, -0.15) is 0 Å². The first-order valence-corrected chi connectivity index (χ1v) is 11.6. The Balaban J connectivity index is 1.47. The molecule has 3 heterocycles. The molecule has 1 aliphatic rings. The number of aryl methyl sites for hydroxylation is 2. The van der Waals surface area contributed by atoms with Crippen LogP contribution in [0.3, 0.4) is 0 Å². The summed E-state index contributed by atoms with van der Waals surface area (Å²) in [6.45, 7) is 8.54. The van der Waals surface area contributed by atoms with Crippen LogP contribution in [0, 0.1) is 12.8 Å². The molecule has 0 bridgehead atoms. The predicted octanol–water partition coefficient (Wildman–Crippen LogP) is 4.11. The molecular formula is C24H32N6O4. The second kappa shape index (κ2) is 9.44. The van der Waals surface area contributed by atoms with E-state index in [1.54, 1.807) is 4.68 Å². The van der Waals surface area contributed by atoms with Crippen molar-refractivity contribution in [2.45, 2.75) is 71.4 Å². The van der Waals surface area contributed by atoms with Gasteiger partial charge in [-0.3, -0.25) is 4.79 Å². The topological polar surface area (TPSA) is 128 Å². The number of rotatable bonds is 7. The zero-order chi connectivity index (χ0) is 24.5. The van der Waals surface area contributed by atoms with Crippen LogP contribution in [0.5, 0.6) is 5.75 Å². The van der Waals surface area contributed by atoms with Gasteiger partial charge in [0.05, 0.1) is 35.6 Å². The minimum atomic E-state index is -0.748. The van der Waals surface area contributed by atoms with Gasteiger partial charge in [-0.25, -0.2) is 9.67 Å². The summed E-state index contributed by atoms with van der Waals surface area (Å²) in [5.74, 6) is 1.03. The molecular weight excluding hydrogens is 436 g/mol. The van der Waals surface area contributed by atoms with Crippen LogP contribution in [0.25, 0.3) is 11.4 Å². The molecule has 0 radical (unpaired) electrons. The lowest BCUT2D eigenvalue weighted by atomic mass is 9.87. The van der Waals surface area contributed by atoms with Crippen molar-refractivity contribution in [3.05, 3.63) is 35.3 Å².